The number of hydrogen-bond donors (Lipinski definition) is 0. The van der Waals surface area contributed by atoms with E-state index < -0.39 is 0 Å². The fourth-order valence-corrected chi connectivity index (χ4v) is 2.93. The second-order valence-electron chi connectivity index (χ2n) is 3.97. The van der Waals surface area contributed by atoms with Gasteiger partial charge in [-0.25, -0.2) is 4.39 Å². The van der Waals surface area contributed by atoms with E-state index in [1.807, 2.05) is 18.2 Å². The molecule has 0 radical (unpaired) electrons. The van der Waals surface area contributed by atoms with E-state index in [1.54, 1.807) is 12.1 Å². The average Bonchev–Trinajstić information content (AvgIpc) is 2.32. The fraction of sp³-hybridized carbons (Fsp3) is 0.143. The maximum atomic E-state index is 13.1. The van der Waals surface area contributed by atoms with Crippen LogP contribution in [0.3, 0.4) is 0 Å². The molecule has 0 bridgehead atoms. The lowest BCUT2D eigenvalue weighted by atomic mass is 10.0. The Balaban J connectivity index is 2.21. The van der Waals surface area contributed by atoms with Crippen molar-refractivity contribution in [1.82, 2.24) is 0 Å². The molecule has 0 nitrogen and oxygen atoms in total. The molecule has 0 fully saturated rings. The number of benzene rings is 2. The molecule has 1 unspecified atom stereocenters. The van der Waals surface area contributed by atoms with Gasteiger partial charge in [-0.1, -0.05) is 39.7 Å². The molecule has 94 valence electrons. The monoisotopic (exact) mass is 346 g/mol. The highest BCUT2D eigenvalue weighted by atomic mass is 79.9. The molecule has 18 heavy (non-hydrogen) atoms. The van der Waals surface area contributed by atoms with Crippen molar-refractivity contribution in [3.63, 3.8) is 0 Å². The molecule has 2 rings (SSSR count). The summed E-state index contributed by atoms with van der Waals surface area (Å²) < 4.78 is 14.0. The summed E-state index contributed by atoms with van der Waals surface area (Å²) in [4.78, 5) is 0. The summed E-state index contributed by atoms with van der Waals surface area (Å²) in [7, 11) is 0. The van der Waals surface area contributed by atoms with Gasteiger partial charge in [0, 0.05) is 9.50 Å². The number of alkyl halides is 1. The third-order valence-corrected chi connectivity index (χ3v) is 3.95. The highest BCUT2D eigenvalue weighted by Crippen LogP contribution is 2.33. The average molecular weight is 348 g/mol. The molecule has 2 aromatic rings. The molecule has 0 aromatic heterocycles. The lowest BCUT2D eigenvalue weighted by molar-refractivity contribution is 0.625. The Morgan fingerprint density at radius 2 is 1.94 bits per heavy atom. The van der Waals surface area contributed by atoms with Gasteiger partial charge in [-0.05, 0) is 47.9 Å². The summed E-state index contributed by atoms with van der Waals surface area (Å²) >= 11 is 15.8. The zero-order chi connectivity index (χ0) is 13.1. The summed E-state index contributed by atoms with van der Waals surface area (Å²) in [6.07, 6.45) is 0.554. The van der Waals surface area contributed by atoms with E-state index in [0.29, 0.717) is 11.4 Å². The number of hydrogen-bond acceptors (Lipinski definition) is 0. The minimum absolute atomic E-state index is 0.249. The second kappa shape index (κ2) is 6.05. The van der Waals surface area contributed by atoms with Crippen LogP contribution in [-0.2, 0) is 6.42 Å². The van der Waals surface area contributed by atoms with Crippen molar-refractivity contribution in [2.24, 2.45) is 0 Å². The van der Waals surface area contributed by atoms with Crippen LogP contribution < -0.4 is 0 Å². The van der Waals surface area contributed by atoms with Crippen molar-refractivity contribution in [2.45, 2.75) is 11.8 Å². The molecule has 0 N–H and O–H groups in total. The van der Waals surface area contributed by atoms with Gasteiger partial charge in [0.25, 0.3) is 0 Å². The molecule has 1 atom stereocenters. The van der Waals surface area contributed by atoms with Gasteiger partial charge in [-0.3, -0.25) is 0 Å². The quantitative estimate of drug-likeness (QED) is 0.619. The Morgan fingerprint density at radius 1 is 1.17 bits per heavy atom. The van der Waals surface area contributed by atoms with Gasteiger partial charge < -0.3 is 0 Å². The van der Waals surface area contributed by atoms with Crippen molar-refractivity contribution in [2.75, 3.05) is 0 Å². The Morgan fingerprint density at radius 3 is 2.67 bits per heavy atom. The molecule has 0 saturated carbocycles. The predicted octanol–water partition coefficient (Wildman–Crippen LogP) is 5.76. The van der Waals surface area contributed by atoms with E-state index in [2.05, 4.69) is 15.9 Å². The molecule has 0 saturated heterocycles. The highest BCUT2D eigenvalue weighted by molar-refractivity contribution is 9.10. The highest BCUT2D eigenvalue weighted by Gasteiger charge is 2.13. The van der Waals surface area contributed by atoms with Gasteiger partial charge in [0.15, 0.2) is 0 Å². The first-order chi connectivity index (χ1) is 8.56. The fourth-order valence-electron chi connectivity index (χ4n) is 1.74. The van der Waals surface area contributed by atoms with Crippen LogP contribution in [0.4, 0.5) is 4.39 Å². The zero-order valence-electron chi connectivity index (χ0n) is 9.34. The maximum Gasteiger partial charge on any atom is 0.123 e. The minimum atomic E-state index is -0.250. The van der Waals surface area contributed by atoms with Gasteiger partial charge in [0.05, 0.1) is 5.38 Å². The normalized spacial score (nSPS) is 12.4. The number of halogens is 4. The van der Waals surface area contributed by atoms with Crippen LogP contribution in [0.5, 0.6) is 0 Å². The Bertz CT molecular complexity index is 557. The summed E-state index contributed by atoms with van der Waals surface area (Å²) in [6.45, 7) is 0. The van der Waals surface area contributed by atoms with Gasteiger partial charge in [-0.15, -0.1) is 11.6 Å². The summed E-state index contributed by atoms with van der Waals surface area (Å²) in [5.74, 6) is -0.249. The molecular weight excluding hydrogens is 338 g/mol. The van der Waals surface area contributed by atoms with Gasteiger partial charge in [0.1, 0.15) is 5.82 Å². The van der Waals surface area contributed by atoms with Crippen LogP contribution in [0.15, 0.2) is 46.9 Å². The van der Waals surface area contributed by atoms with E-state index in [0.717, 1.165) is 15.6 Å². The van der Waals surface area contributed by atoms with Crippen LogP contribution in [0.2, 0.25) is 5.02 Å². The first-order valence-corrected chi connectivity index (χ1v) is 7.00. The molecule has 4 heteroatoms. The first kappa shape index (κ1) is 13.9. The van der Waals surface area contributed by atoms with Crippen LogP contribution in [-0.4, -0.2) is 0 Å². The molecule has 0 spiro atoms. The van der Waals surface area contributed by atoms with Gasteiger partial charge in [0.2, 0.25) is 0 Å². The zero-order valence-corrected chi connectivity index (χ0v) is 12.4. The topological polar surface area (TPSA) is 0 Å². The lowest BCUT2D eigenvalue weighted by Gasteiger charge is -2.12. The van der Waals surface area contributed by atoms with E-state index in [-0.39, 0.29) is 11.2 Å². The van der Waals surface area contributed by atoms with Crippen molar-refractivity contribution >= 4 is 39.1 Å². The molecule has 0 aliphatic carbocycles. The van der Waals surface area contributed by atoms with Crippen molar-refractivity contribution in [3.05, 3.63) is 68.9 Å². The Hall–Kier alpha value is -0.570. The molecule has 0 amide bonds. The number of rotatable bonds is 3. The van der Waals surface area contributed by atoms with E-state index in [1.165, 1.54) is 12.1 Å². The molecule has 0 heterocycles. The Labute approximate surface area is 124 Å². The smallest absolute Gasteiger partial charge is 0.123 e. The molecule has 0 aliphatic heterocycles. The largest absolute Gasteiger partial charge is 0.207 e. The molecular formula is C14H10BrCl2F. The van der Waals surface area contributed by atoms with Crippen LogP contribution in [0, 0.1) is 5.82 Å². The van der Waals surface area contributed by atoms with E-state index in [4.69, 9.17) is 23.2 Å². The first-order valence-electron chi connectivity index (χ1n) is 5.40. The van der Waals surface area contributed by atoms with E-state index >= 15 is 0 Å². The van der Waals surface area contributed by atoms with Crippen LogP contribution >= 0.6 is 39.1 Å². The minimum Gasteiger partial charge on any atom is -0.207 e. The van der Waals surface area contributed by atoms with Gasteiger partial charge in [-0.2, -0.15) is 0 Å². The predicted molar refractivity (Wildman–Crippen MR) is 77.9 cm³/mol. The molecule has 2 aromatic carbocycles. The van der Waals surface area contributed by atoms with Gasteiger partial charge >= 0.3 is 0 Å². The Kier molecular flexibility index (Phi) is 4.66. The third kappa shape index (κ3) is 3.47. The SMILES string of the molecule is Fc1cccc(CC(Cl)c2cc(Cl)ccc2Br)c1. The maximum absolute atomic E-state index is 13.1. The molecule has 0 aliphatic rings. The van der Waals surface area contributed by atoms with Crippen LogP contribution in [0.25, 0.3) is 0 Å². The lowest BCUT2D eigenvalue weighted by Crippen LogP contribution is -1.97. The van der Waals surface area contributed by atoms with Crippen molar-refractivity contribution in [1.29, 1.82) is 0 Å². The van der Waals surface area contributed by atoms with E-state index in [9.17, 15) is 4.39 Å². The third-order valence-electron chi connectivity index (χ3n) is 2.60. The summed E-state index contributed by atoms with van der Waals surface area (Å²) in [6, 6.07) is 11.9. The second-order valence-corrected chi connectivity index (χ2v) is 5.79. The van der Waals surface area contributed by atoms with Crippen LogP contribution in [0.1, 0.15) is 16.5 Å². The van der Waals surface area contributed by atoms with Crippen molar-refractivity contribution < 1.29 is 4.39 Å². The van der Waals surface area contributed by atoms with Crippen molar-refractivity contribution in [3.8, 4) is 0 Å². The summed E-state index contributed by atoms with van der Waals surface area (Å²) in [5, 5.41) is 0.387. The summed E-state index contributed by atoms with van der Waals surface area (Å²) in [5.41, 5.74) is 1.77. The standard InChI is InChI=1S/C14H10BrCl2F/c15-13-5-4-10(16)8-12(13)14(17)7-9-2-1-3-11(18)6-9/h1-6,8,14H,7H2.